The fourth-order valence-corrected chi connectivity index (χ4v) is 1.13. The molecule has 0 N–H and O–H groups in total. The minimum Gasteiger partial charge on any atom is -0.346 e. The van der Waals surface area contributed by atoms with Crippen LogP contribution in [0.5, 0.6) is 0 Å². The van der Waals surface area contributed by atoms with Crippen LogP contribution in [-0.2, 0) is 19.5 Å². The van der Waals surface area contributed by atoms with E-state index in [0.717, 1.165) is 0 Å². The summed E-state index contributed by atoms with van der Waals surface area (Å²) < 4.78 is 0. The van der Waals surface area contributed by atoms with Gasteiger partial charge in [0.15, 0.2) is 0 Å². The molecule has 1 heteroatoms. The first kappa shape index (κ1) is 16.7. The van der Waals surface area contributed by atoms with Crippen molar-refractivity contribution in [1.82, 2.24) is 0 Å². The molecule has 0 nitrogen and oxygen atoms in total. The van der Waals surface area contributed by atoms with E-state index in [2.05, 4.69) is 56.3 Å². The molecule has 2 rings (SSSR count). The Morgan fingerprint density at radius 1 is 0.600 bits per heavy atom. The van der Waals surface area contributed by atoms with Crippen molar-refractivity contribution in [1.29, 1.82) is 0 Å². The second-order valence-electron chi connectivity index (χ2n) is 2.35. The Morgan fingerprint density at radius 2 is 0.933 bits per heavy atom. The van der Waals surface area contributed by atoms with E-state index in [1.165, 1.54) is 11.1 Å². The van der Waals surface area contributed by atoms with Gasteiger partial charge in [-0.3, -0.25) is 0 Å². The van der Waals surface area contributed by atoms with Crippen LogP contribution in [0.25, 0.3) is 11.1 Å². The van der Waals surface area contributed by atoms with Gasteiger partial charge in [-0.15, -0.1) is 0 Å². The fourth-order valence-electron chi connectivity index (χ4n) is 1.13. The summed E-state index contributed by atoms with van der Waals surface area (Å²) in [6, 6.07) is 16.7. The van der Waals surface area contributed by atoms with Gasteiger partial charge in [0.2, 0.25) is 0 Å². The fraction of sp³-hybridized carbons (Fsp3) is 0.143. The summed E-state index contributed by atoms with van der Waals surface area (Å²) in [5.41, 5.74) is 2.62. The average Bonchev–Trinajstić information content (AvgIpc) is 2.61. The molecule has 0 bridgehead atoms. The third kappa shape index (κ3) is 5.69. The van der Waals surface area contributed by atoms with Crippen LogP contribution in [0.15, 0.2) is 48.5 Å². The van der Waals surface area contributed by atoms with Crippen molar-refractivity contribution >= 4 is 0 Å². The number of hydrogen-bond acceptors (Lipinski definition) is 0. The van der Waals surface area contributed by atoms with Crippen molar-refractivity contribution in [2.45, 2.75) is 13.8 Å². The van der Waals surface area contributed by atoms with Crippen LogP contribution in [0.3, 0.4) is 0 Å². The molecule has 0 saturated heterocycles. The third-order valence-corrected chi connectivity index (χ3v) is 1.66. The Bertz CT molecular complexity index is 276. The van der Waals surface area contributed by atoms with Crippen molar-refractivity contribution in [3.8, 4) is 11.1 Å². The zero-order chi connectivity index (χ0) is 10.8. The molecule has 0 aliphatic heterocycles. The monoisotopic (exact) mass is 250 g/mol. The molecular weight excluding hydrogens is 234 g/mol. The molecule has 0 amide bonds. The van der Waals surface area contributed by atoms with Gasteiger partial charge in [0.05, 0.1) is 0 Å². The first-order valence-electron chi connectivity index (χ1n) is 4.82. The van der Waals surface area contributed by atoms with Crippen molar-refractivity contribution in [2.24, 2.45) is 0 Å². The van der Waals surface area contributed by atoms with Gasteiger partial charge in [0.25, 0.3) is 0 Å². The maximum atomic E-state index is 3.25. The molecule has 2 aliphatic rings. The van der Waals surface area contributed by atoms with Crippen LogP contribution in [0.4, 0.5) is 0 Å². The van der Waals surface area contributed by atoms with Gasteiger partial charge in [0.1, 0.15) is 0 Å². The molecule has 0 aromatic rings. The molecular formula is C14H18Zn. The largest absolute Gasteiger partial charge is 2.00 e. The van der Waals surface area contributed by atoms with Gasteiger partial charge in [-0.05, 0) is 11.1 Å². The van der Waals surface area contributed by atoms with Crippen molar-refractivity contribution < 1.29 is 19.5 Å². The number of fused-ring (bicyclic) bond motifs is 1. The van der Waals surface area contributed by atoms with Crippen molar-refractivity contribution in [3.63, 3.8) is 0 Å². The van der Waals surface area contributed by atoms with Gasteiger partial charge in [-0.2, -0.15) is 13.8 Å². The molecule has 0 fully saturated rings. The van der Waals surface area contributed by atoms with Gasteiger partial charge >= 0.3 is 19.5 Å². The van der Waals surface area contributed by atoms with E-state index in [9.17, 15) is 0 Å². The molecule has 15 heavy (non-hydrogen) atoms. The molecule has 0 aromatic heterocycles. The summed E-state index contributed by atoms with van der Waals surface area (Å²) in [6.07, 6.45) is 0. The van der Waals surface area contributed by atoms with Crippen molar-refractivity contribution in [2.75, 3.05) is 0 Å². The summed E-state index contributed by atoms with van der Waals surface area (Å²) in [5.74, 6) is 0. The number of rotatable bonds is 0. The topological polar surface area (TPSA) is 0 Å². The molecule has 0 unspecified atom stereocenters. The summed E-state index contributed by atoms with van der Waals surface area (Å²) in [6.45, 7) is 10.0. The van der Waals surface area contributed by atoms with Crippen LogP contribution < -0.4 is 0 Å². The Morgan fingerprint density at radius 3 is 1.33 bits per heavy atom. The molecule has 0 radical (unpaired) electrons. The predicted molar refractivity (Wildman–Crippen MR) is 65.1 cm³/mol. The molecule has 0 saturated carbocycles. The Labute approximate surface area is 107 Å². The van der Waals surface area contributed by atoms with E-state index >= 15 is 0 Å². The summed E-state index contributed by atoms with van der Waals surface area (Å²) in [4.78, 5) is 0. The second kappa shape index (κ2) is 11.4. The first-order chi connectivity index (χ1) is 6.97. The van der Waals surface area contributed by atoms with Crippen LogP contribution in [0.1, 0.15) is 13.8 Å². The molecule has 0 spiro atoms. The van der Waals surface area contributed by atoms with E-state index in [4.69, 9.17) is 0 Å². The minimum absolute atomic E-state index is 0. The third-order valence-electron chi connectivity index (χ3n) is 1.66. The average molecular weight is 252 g/mol. The van der Waals surface area contributed by atoms with E-state index in [1.54, 1.807) is 13.8 Å². The minimum atomic E-state index is 0. The van der Waals surface area contributed by atoms with Crippen LogP contribution >= 0.6 is 0 Å². The molecule has 0 aromatic carbocycles. The van der Waals surface area contributed by atoms with Crippen LogP contribution in [-0.4, -0.2) is 0 Å². The van der Waals surface area contributed by atoms with E-state index in [0.29, 0.717) is 0 Å². The zero-order valence-corrected chi connectivity index (χ0v) is 12.7. The van der Waals surface area contributed by atoms with E-state index < -0.39 is 0 Å². The molecule has 76 valence electrons. The predicted octanol–water partition coefficient (Wildman–Crippen LogP) is 4.47. The van der Waals surface area contributed by atoms with Gasteiger partial charge in [0, 0.05) is 0 Å². The second-order valence-corrected chi connectivity index (χ2v) is 2.35. The van der Waals surface area contributed by atoms with E-state index in [-0.39, 0.29) is 19.5 Å². The molecule has 2 aliphatic carbocycles. The Hall–Kier alpha value is -0.677. The van der Waals surface area contributed by atoms with E-state index in [1.807, 2.05) is 6.07 Å². The molecule has 0 heterocycles. The van der Waals surface area contributed by atoms with Gasteiger partial charge in [-0.25, -0.2) is 0 Å². The standard InChI is InChI=1S/C10H8.2C2H5.Zn/c1-2-5-9-7-4-8-10(9)6-3-1;2*1-2;/h1-8H;2*1H2,2H3;/q;2*-1;+2. The maximum absolute atomic E-state index is 3.25. The SMILES string of the molecule is [CH2-]C.[CH2-]C.[Zn+2].c1ccc2cccc-2cc1. The number of hydrogen-bond donors (Lipinski definition) is 0. The summed E-state index contributed by atoms with van der Waals surface area (Å²) in [7, 11) is 0. The Balaban J connectivity index is 0. The maximum Gasteiger partial charge on any atom is 2.00 e. The molecule has 0 atom stereocenters. The van der Waals surface area contributed by atoms with Gasteiger partial charge < -0.3 is 13.8 Å². The Kier molecular flexibility index (Phi) is 12.7. The zero-order valence-electron chi connectivity index (χ0n) is 9.74. The van der Waals surface area contributed by atoms with Crippen molar-refractivity contribution in [3.05, 3.63) is 62.4 Å². The van der Waals surface area contributed by atoms with Crippen LogP contribution in [0, 0.1) is 13.8 Å². The normalized spacial score (nSPS) is 7.47. The van der Waals surface area contributed by atoms with Crippen LogP contribution in [0.2, 0.25) is 0 Å². The first-order valence-corrected chi connectivity index (χ1v) is 4.82. The quantitative estimate of drug-likeness (QED) is 0.479. The smallest absolute Gasteiger partial charge is 0.346 e. The summed E-state index contributed by atoms with van der Waals surface area (Å²) >= 11 is 0. The van der Waals surface area contributed by atoms with Gasteiger partial charge in [-0.1, -0.05) is 48.5 Å². The summed E-state index contributed by atoms with van der Waals surface area (Å²) in [5, 5.41) is 0.